The molecule has 0 aromatic heterocycles. The first-order chi connectivity index (χ1) is 11.5. The molecule has 0 fully saturated rings. The zero-order valence-electron chi connectivity index (χ0n) is 16.9. The topological polar surface area (TPSA) is 26.3 Å². The van der Waals surface area contributed by atoms with E-state index in [0.29, 0.717) is 13.0 Å². The Labute approximate surface area is 155 Å². The van der Waals surface area contributed by atoms with E-state index in [1.165, 1.54) is 55.4 Å². The Morgan fingerprint density at radius 2 is 1.42 bits per heavy atom. The van der Waals surface area contributed by atoms with E-state index in [-0.39, 0.29) is 5.97 Å². The van der Waals surface area contributed by atoms with Crippen molar-refractivity contribution in [2.75, 3.05) is 6.61 Å². The second-order valence-electron chi connectivity index (χ2n) is 6.91. The summed E-state index contributed by atoms with van der Waals surface area (Å²) in [5.41, 5.74) is 0.936. The molecule has 0 bridgehead atoms. The molecule has 0 aromatic rings. The number of carbonyl (C=O) groups is 1. The van der Waals surface area contributed by atoms with Crippen LogP contribution in [0.2, 0.25) is 13.3 Å². The van der Waals surface area contributed by atoms with Gasteiger partial charge in [-0.05, 0) is 0 Å². The van der Waals surface area contributed by atoms with Crippen molar-refractivity contribution in [3.05, 3.63) is 21.8 Å². The number of ether oxygens (including phenoxy) is 1. The molecule has 0 rings (SSSR count). The van der Waals surface area contributed by atoms with Crippen molar-refractivity contribution in [2.24, 2.45) is 0 Å². The predicted molar refractivity (Wildman–Crippen MR) is 109 cm³/mol. The van der Waals surface area contributed by atoms with Crippen LogP contribution in [0.5, 0.6) is 0 Å². The van der Waals surface area contributed by atoms with Crippen LogP contribution in [-0.2, 0) is 9.53 Å². The van der Waals surface area contributed by atoms with Crippen LogP contribution >= 0.6 is 0 Å². The molecule has 0 aromatic carbocycles. The number of unbranched alkanes of at least 4 members (excludes halogenated alkanes) is 3. The van der Waals surface area contributed by atoms with Crippen LogP contribution in [0, 0.1) is 0 Å². The van der Waals surface area contributed by atoms with Crippen LogP contribution in [0.15, 0.2) is 21.8 Å². The normalized spacial score (nSPS) is 12.7. The molecule has 3 heteroatoms. The summed E-state index contributed by atoms with van der Waals surface area (Å²) in [5, 5.41) is 0. The molecule has 0 N–H and O–H groups in total. The average Bonchev–Trinajstić information content (AvgIpc) is 2.59. The van der Waals surface area contributed by atoms with Crippen LogP contribution in [0.4, 0.5) is 0 Å². The molecule has 0 amide bonds. The molecular weight excluding hydrogens is 403 g/mol. The summed E-state index contributed by atoms with van der Waals surface area (Å²) in [6.07, 6.45) is 10.2. The molecule has 2 nitrogen and oxygen atoms in total. The van der Waals surface area contributed by atoms with E-state index in [0.717, 1.165) is 5.57 Å². The number of esters is 1. The summed E-state index contributed by atoms with van der Waals surface area (Å²) in [6, 6.07) is 0. The van der Waals surface area contributed by atoms with Gasteiger partial charge in [-0.15, -0.1) is 0 Å². The van der Waals surface area contributed by atoms with Gasteiger partial charge in [0.2, 0.25) is 0 Å². The van der Waals surface area contributed by atoms with Crippen molar-refractivity contribution in [1.29, 1.82) is 0 Å². The van der Waals surface area contributed by atoms with Gasteiger partial charge in [0.25, 0.3) is 0 Å². The van der Waals surface area contributed by atoms with Crippen LogP contribution in [-0.4, -0.2) is 31.0 Å². The Kier molecular flexibility index (Phi) is 13.8. The van der Waals surface area contributed by atoms with E-state index < -0.39 is 18.4 Å². The Morgan fingerprint density at radius 3 is 1.75 bits per heavy atom. The SMILES string of the molecule is C=CC/C(C(=O)OCC)=[C](/C)[Sn]([CH2]CCC)([CH2]CCC)[CH2]CCC. The van der Waals surface area contributed by atoms with Gasteiger partial charge in [-0.3, -0.25) is 0 Å². The van der Waals surface area contributed by atoms with Gasteiger partial charge in [0.1, 0.15) is 0 Å². The van der Waals surface area contributed by atoms with Crippen LogP contribution in [0.25, 0.3) is 0 Å². The van der Waals surface area contributed by atoms with Gasteiger partial charge in [0.05, 0.1) is 0 Å². The van der Waals surface area contributed by atoms with Crippen molar-refractivity contribution in [1.82, 2.24) is 0 Å². The predicted octanol–water partition coefficient (Wildman–Crippen LogP) is 6.83. The number of carbonyl (C=O) groups excluding carboxylic acids is 1. The Bertz CT molecular complexity index is 377. The van der Waals surface area contributed by atoms with Gasteiger partial charge in [0.15, 0.2) is 0 Å². The summed E-state index contributed by atoms with van der Waals surface area (Å²) in [6.45, 7) is 15.3. The van der Waals surface area contributed by atoms with Crippen molar-refractivity contribution in [3.8, 4) is 0 Å². The monoisotopic (exact) mass is 444 g/mol. The van der Waals surface area contributed by atoms with E-state index in [1.54, 1.807) is 0 Å². The fourth-order valence-corrected chi connectivity index (χ4v) is 20.1. The molecule has 0 atom stereocenters. The number of rotatable bonds is 14. The first-order valence-corrected chi connectivity index (χ1v) is 17.5. The molecule has 0 unspecified atom stereocenters. The van der Waals surface area contributed by atoms with Crippen molar-refractivity contribution >= 4 is 24.3 Å². The molecule has 0 aliphatic rings. The summed E-state index contributed by atoms with van der Waals surface area (Å²) in [4.78, 5) is 12.5. The molecule has 0 aliphatic heterocycles. The number of allylic oxidation sites excluding steroid dienone is 2. The molecule has 0 saturated heterocycles. The third-order valence-corrected chi connectivity index (χ3v) is 21.8. The zero-order valence-corrected chi connectivity index (χ0v) is 19.7. The standard InChI is InChI=1S/C9H13O2.3C4H9.Sn/c1-4-7-8(5-2)9(10)11-6-3;3*1-3-4-2;/h4H,1,6-7H2,2-3H3;3*1,3-4H2,2H3;. The minimum atomic E-state index is -2.53. The van der Waals surface area contributed by atoms with Crippen LogP contribution in [0.3, 0.4) is 0 Å². The van der Waals surface area contributed by atoms with Gasteiger partial charge in [-0.25, -0.2) is 0 Å². The summed E-state index contributed by atoms with van der Waals surface area (Å²) in [7, 11) is 0. The van der Waals surface area contributed by atoms with E-state index in [2.05, 4.69) is 34.3 Å². The third kappa shape index (κ3) is 7.75. The molecule has 0 aliphatic carbocycles. The fourth-order valence-electron chi connectivity index (χ4n) is 3.56. The maximum atomic E-state index is 12.5. The molecule has 24 heavy (non-hydrogen) atoms. The van der Waals surface area contributed by atoms with Gasteiger partial charge in [-0.1, -0.05) is 0 Å². The first kappa shape index (κ1) is 23.7. The maximum absolute atomic E-state index is 12.5. The Balaban J connectivity index is 5.89. The average molecular weight is 443 g/mol. The van der Waals surface area contributed by atoms with Gasteiger partial charge >= 0.3 is 155 Å². The second-order valence-corrected chi connectivity index (χ2v) is 20.6. The molecule has 140 valence electrons. The molecule has 0 saturated carbocycles. The number of hydrogen-bond donors (Lipinski definition) is 0. The molecular formula is C21H40O2Sn. The van der Waals surface area contributed by atoms with Gasteiger partial charge < -0.3 is 0 Å². The van der Waals surface area contributed by atoms with Crippen molar-refractivity contribution < 1.29 is 9.53 Å². The summed E-state index contributed by atoms with van der Waals surface area (Å²) >= 11 is -2.53. The number of hydrogen-bond acceptors (Lipinski definition) is 2. The first-order valence-electron chi connectivity index (χ1n) is 10.0. The Morgan fingerprint density at radius 1 is 0.958 bits per heavy atom. The van der Waals surface area contributed by atoms with Crippen molar-refractivity contribution in [3.63, 3.8) is 0 Å². The van der Waals surface area contributed by atoms with E-state index in [4.69, 9.17) is 4.74 Å². The quantitative estimate of drug-likeness (QED) is 0.127. The molecule has 0 radical (unpaired) electrons. The molecule has 0 spiro atoms. The summed E-state index contributed by atoms with van der Waals surface area (Å²) in [5.74, 6) is -0.0968. The zero-order chi connectivity index (χ0) is 18.4. The van der Waals surface area contributed by atoms with Crippen LogP contribution in [0.1, 0.15) is 79.6 Å². The third-order valence-electron chi connectivity index (χ3n) is 5.15. The summed E-state index contributed by atoms with van der Waals surface area (Å²) < 4.78 is 11.0. The van der Waals surface area contributed by atoms with Crippen LogP contribution < -0.4 is 0 Å². The fraction of sp³-hybridized carbons (Fsp3) is 0.762. The van der Waals surface area contributed by atoms with Crippen molar-refractivity contribution in [2.45, 2.75) is 92.9 Å². The van der Waals surface area contributed by atoms with Gasteiger partial charge in [-0.2, -0.15) is 0 Å². The van der Waals surface area contributed by atoms with E-state index in [9.17, 15) is 4.79 Å². The second kappa shape index (κ2) is 14.0. The Hall–Kier alpha value is -0.251. The van der Waals surface area contributed by atoms with Gasteiger partial charge in [0, 0.05) is 0 Å². The minimum absolute atomic E-state index is 0.0968. The van der Waals surface area contributed by atoms with E-state index >= 15 is 0 Å². The molecule has 0 heterocycles. The van der Waals surface area contributed by atoms with E-state index in [1.807, 2.05) is 13.0 Å².